The normalized spacial score (nSPS) is 11.5. The maximum Gasteiger partial charge on any atom is 0.435 e. The van der Waals surface area contributed by atoms with E-state index >= 15 is 0 Å². The van der Waals surface area contributed by atoms with Gasteiger partial charge in [-0.1, -0.05) is 40.6 Å². The highest BCUT2D eigenvalue weighted by Crippen LogP contribution is 2.35. The van der Waals surface area contributed by atoms with Crippen molar-refractivity contribution in [1.82, 2.24) is 10.3 Å². The maximum atomic E-state index is 12.8. The summed E-state index contributed by atoms with van der Waals surface area (Å²) in [6.45, 7) is -0.0516. The van der Waals surface area contributed by atoms with Gasteiger partial charge in [0.1, 0.15) is 4.88 Å². The zero-order valence-electron chi connectivity index (χ0n) is 10.7. The molecule has 0 saturated carbocycles. The summed E-state index contributed by atoms with van der Waals surface area (Å²) in [7, 11) is 0. The van der Waals surface area contributed by atoms with E-state index in [1.165, 1.54) is 6.07 Å². The Morgan fingerprint density at radius 1 is 1.36 bits per heavy atom. The molecular formula is C12H8Cl2F3N3OS. The minimum absolute atomic E-state index is 0.0516. The highest BCUT2D eigenvalue weighted by molar-refractivity contribution is 7.17. The van der Waals surface area contributed by atoms with Crippen LogP contribution in [0.2, 0.25) is 10.0 Å². The Bertz CT molecular complexity index is 718. The Labute approximate surface area is 137 Å². The Balaban J connectivity index is 2.16. The first-order chi connectivity index (χ1) is 10.2. The Kier molecular flexibility index (Phi) is 4.84. The highest BCUT2D eigenvalue weighted by atomic mass is 35.5. The number of carbonyl (C=O) groups is 1. The van der Waals surface area contributed by atoms with Crippen LogP contribution in [-0.2, 0) is 12.7 Å². The number of hydrogen-bond acceptors (Lipinski definition) is 4. The summed E-state index contributed by atoms with van der Waals surface area (Å²) in [5.74, 6) is -0.924. The van der Waals surface area contributed by atoms with Crippen LogP contribution in [0.25, 0.3) is 0 Å². The van der Waals surface area contributed by atoms with Crippen molar-refractivity contribution in [1.29, 1.82) is 0 Å². The molecule has 1 heterocycles. The lowest BCUT2D eigenvalue weighted by molar-refractivity contribution is -0.141. The van der Waals surface area contributed by atoms with Crippen LogP contribution in [0.15, 0.2) is 18.2 Å². The number of halogens is 5. The summed E-state index contributed by atoms with van der Waals surface area (Å²) < 4.78 is 38.3. The molecule has 1 aromatic heterocycles. The molecule has 1 amide bonds. The molecule has 0 spiro atoms. The van der Waals surface area contributed by atoms with Crippen molar-refractivity contribution < 1.29 is 18.0 Å². The first-order valence-electron chi connectivity index (χ1n) is 5.74. The molecule has 0 fully saturated rings. The van der Waals surface area contributed by atoms with E-state index in [0.29, 0.717) is 26.9 Å². The van der Waals surface area contributed by atoms with Crippen LogP contribution in [0.4, 0.5) is 18.3 Å². The van der Waals surface area contributed by atoms with Gasteiger partial charge in [-0.3, -0.25) is 4.79 Å². The van der Waals surface area contributed by atoms with Gasteiger partial charge in [0.15, 0.2) is 10.8 Å². The lowest BCUT2D eigenvalue weighted by Crippen LogP contribution is -2.24. The zero-order valence-corrected chi connectivity index (χ0v) is 13.0. The third-order valence-corrected chi connectivity index (χ3v) is 4.04. The van der Waals surface area contributed by atoms with Crippen LogP contribution >= 0.6 is 34.5 Å². The molecule has 0 unspecified atom stereocenters. The van der Waals surface area contributed by atoms with Crippen molar-refractivity contribution in [3.05, 3.63) is 44.4 Å². The van der Waals surface area contributed by atoms with Gasteiger partial charge >= 0.3 is 6.18 Å². The third-order valence-electron chi connectivity index (χ3n) is 2.57. The number of thiazole rings is 1. The predicted octanol–water partition coefficient (Wildman–Crippen LogP) is 3.98. The molecule has 0 aliphatic heterocycles. The van der Waals surface area contributed by atoms with E-state index in [9.17, 15) is 18.0 Å². The van der Waals surface area contributed by atoms with Gasteiger partial charge in [0.25, 0.3) is 5.91 Å². The van der Waals surface area contributed by atoms with Crippen LogP contribution in [0.5, 0.6) is 0 Å². The van der Waals surface area contributed by atoms with Gasteiger partial charge in [0.2, 0.25) is 0 Å². The van der Waals surface area contributed by atoms with Crippen LogP contribution in [0, 0.1) is 0 Å². The summed E-state index contributed by atoms with van der Waals surface area (Å²) in [6.07, 6.45) is -4.75. The molecular weight excluding hydrogens is 362 g/mol. The molecule has 1 aromatic carbocycles. The fourth-order valence-electron chi connectivity index (χ4n) is 1.60. The van der Waals surface area contributed by atoms with Crippen molar-refractivity contribution in [3.63, 3.8) is 0 Å². The summed E-state index contributed by atoms with van der Waals surface area (Å²) in [5.41, 5.74) is 4.48. The molecule has 3 N–H and O–H groups in total. The van der Waals surface area contributed by atoms with Gasteiger partial charge < -0.3 is 11.1 Å². The fourth-order valence-corrected chi connectivity index (χ4v) is 2.85. The second-order valence-corrected chi connectivity index (χ2v) is 6.02. The molecule has 2 aromatic rings. The number of alkyl halides is 3. The van der Waals surface area contributed by atoms with E-state index in [-0.39, 0.29) is 11.7 Å². The monoisotopic (exact) mass is 369 g/mol. The van der Waals surface area contributed by atoms with Crippen LogP contribution in [-0.4, -0.2) is 10.9 Å². The number of anilines is 1. The number of rotatable bonds is 3. The first-order valence-corrected chi connectivity index (χ1v) is 7.31. The molecule has 2 rings (SSSR count). The van der Waals surface area contributed by atoms with E-state index in [2.05, 4.69) is 10.3 Å². The van der Waals surface area contributed by atoms with E-state index < -0.39 is 22.7 Å². The minimum atomic E-state index is -4.75. The van der Waals surface area contributed by atoms with Gasteiger partial charge in [-0.2, -0.15) is 13.2 Å². The lowest BCUT2D eigenvalue weighted by atomic mass is 10.2. The Hall–Kier alpha value is -1.51. The standard InChI is InChI=1S/C12H8Cl2F3N3OS/c13-6-2-1-5(7(14)3-6)4-19-10(21)8-9(12(15,16)17)20-11(18)22-8/h1-3H,4H2,(H2,18,20)(H,19,21). The Morgan fingerprint density at radius 2 is 2.05 bits per heavy atom. The number of nitrogens with zero attached hydrogens (tertiary/aromatic N) is 1. The van der Waals surface area contributed by atoms with Crippen LogP contribution < -0.4 is 11.1 Å². The minimum Gasteiger partial charge on any atom is -0.375 e. The molecule has 0 radical (unpaired) electrons. The van der Waals surface area contributed by atoms with Gasteiger partial charge in [0, 0.05) is 16.6 Å². The number of aromatic nitrogens is 1. The number of carbonyl (C=O) groups excluding carboxylic acids is 1. The molecule has 0 saturated heterocycles. The SMILES string of the molecule is Nc1nc(C(F)(F)F)c(C(=O)NCc2ccc(Cl)cc2Cl)s1. The quantitative estimate of drug-likeness (QED) is 0.859. The lowest BCUT2D eigenvalue weighted by Gasteiger charge is -2.08. The average Bonchev–Trinajstić information content (AvgIpc) is 2.79. The van der Waals surface area contributed by atoms with Gasteiger partial charge in [-0.15, -0.1) is 0 Å². The molecule has 10 heteroatoms. The highest BCUT2D eigenvalue weighted by Gasteiger charge is 2.39. The van der Waals surface area contributed by atoms with Gasteiger partial charge in [0.05, 0.1) is 0 Å². The molecule has 0 aliphatic rings. The van der Waals surface area contributed by atoms with Crippen molar-refractivity contribution in [3.8, 4) is 0 Å². The molecule has 0 aliphatic carbocycles. The third kappa shape index (κ3) is 3.82. The number of nitrogens with two attached hydrogens (primary N) is 1. The largest absolute Gasteiger partial charge is 0.435 e. The second-order valence-electron chi connectivity index (χ2n) is 4.15. The summed E-state index contributed by atoms with van der Waals surface area (Å²) >= 11 is 12.1. The molecule has 118 valence electrons. The topological polar surface area (TPSA) is 68.0 Å². The number of benzene rings is 1. The zero-order chi connectivity index (χ0) is 16.5. The van der Waals surface area contributed by atoms with E-state index in [1.54, 1.807) is 12.1 Å². The van der Waals surface area contributed by atoms with Crippen LogP contribution in [0.3, 0.4) is 0 Å². The molecule has 0 bridgehead atoms. The second kappa shape index (κ2) is 6.31. The molecule has 0 atom stereocenters. The number of nitrogens with one attached hydrogen (secondary N) is 1. The Morgan fingerprint density at radius 3 is 2.64 bits per heavy atom. The van der Waals surface area contributed by atoms with Crippen molar-refractivity contribution in [2.45, 2.75) is 12.7 Å². The first kappa shape index (κ1) is 16.9. The van der Waals surface area contributed by atoms with Crippen LogP contribution in [0.1, 0.15) is 20.9 Å². The average molecular weight is 370 g/mol. The summed E-state index contributed by atoms with van der Waals surface area (Å²) in [4.78, 5) is 14.5. The molecule has 4 nitrogen and oxygen atoms in total. The van der Waals surface area contributed by atoms with Gasteiger partial charge in [-0.25, -0.2) is 4.98 Å². The summed E-state index contributed by atoms with van der Waals surface area (Å²) in [5, 5.41) is 2.73. The van der Waals surface area contributed by atoms with Crippen molar-refractivity contribution in [2.75, 3.05) is 5.73 Å². The van der Waals surface area contributed by atoms with E-state index in [4.69, 9.17) is 28.9 Å². The van der Waals surface area contributed by atoms with Crippen molar-refractivity contribution >= 4 is 45.6 Å². The van der Waals surface area contributed by atoms with E-state index in [0.717, 1.165) is 0 Å². The summed E-state index contributed by atoms with van der Waals surface area (Å²) in [6, 6.07) is 4.59. The predicted molar refractivity (Wildman–Crippen MR) is 79.2 cm³/mol. The van der Waals surface area contributed by atoms with Crippen molar-refractivity contribution in [2.24, 2.45) is 0 Å². The number of nitrogen functional groups attached to an aromatic ring is 1. The maximum absolute atomic E-state index is 12.8. The smallest absolute Gasteiger partial charge is 0.375 e. The number of amides is 1. The number of hydrogen-bond donors (Lipinski definition) is 2. The molecule has 22 heavy (non-hydrogen) atoms. The van der Waals surface area contributed by atoms with E-state index in [1.807, 2.05) is 0 Å². The fraction of sp³-hybridized carbons (Fsp3) is 0.167. The van der Waals surface area contributed by atoms with Gasteiger partial charge in [-0.05, 0) is 17.7 Å².